The second-order valence-corrected chi connectivity index (χ2v) is 4.55. The van der Waals surface area contributed by atoms with Gasteiger partial charge < -0.3 is 9.47 Å². The highest BCUT2D eigenvalue weighted by atomic mass is 19.1. The Morgan fingerprint density at radius 2 is 2.26 bits per heavy atom. The minimum absolute atomic E-state index is 0.132. The summed E-state index contributed by atoms with van der Waals surface area (Å²) >= 11 is 0. The first kappa shape index (κ1) is 14.0. The van der Waals surface area contributed by atoms with Gasteiger partial charge in [-0.1, -0.05) is 12.1 Å². The van der Waals surface area contributed by atoms with Crippen molar-refractivity contribution in [3.63, 3.8) is 0 Å². The number of halogens is 1. The van der Waals surface area contributed by atoms with Crippen LogP contribution in [0.15, 0.2) is 24.3 Å². The number of hydrogen-bond acceptors (Lipinski definition) is 4. The minimum atomic E-state index is -0.588. The smallest absolute Gasteiger partial charge is 0.327 e. The number of nitrogens with one attached hydrogen (secondary N) is 1. The van der Waals surface area contributed by atoms with Gasteiger partial charge in [-0.15, -0.1) is 0 Å². The van der Waals surface area contributed by atoms with Gasteiger partial charge >= 0.3 is 5.97 Å². The molecule has 4 nitrogen and oxygen atoms in total. The molecule has 0 saturated carbocycles. The average Bonchev–Trinajstić information content (AvgIpc) is 2.93. The van der Waals surface area contributed by atoms with Gasteiger partial charge in [0, 0.05) is 13.2 Å². The molecule has 0 bridgehead atoms. The number of benzene rings is 1. The van der Waals surface area contributed by atoms with Crippen LogP contribution in [0.1, 0.15) is 24.4 Å². The zero-order valence-electron chi connectivity index (χ0n) is 10.9. The summed E-state index contributed by atoms with van der Waals surface area (Å²) in [6.45, 7) is 1.35. The molecule has 1 aliphatic heterocycles. The van der Waals surface area contributed by atoms with Crippen LogP contribution in [0.25, 0.3) is 0 Å². The normalized spacial score (nSPS) is 20.2. The van der Waals surface area contributed by atoms with Crippen LogP contribution in [0.4, 0.5) is 4.39 Å². The third-order valence-electron chi connectivity index (χ3n) is 3.21. The maximum Gasteiger partial charge on any atom is 0.327 e. The summed E-state index contributed by atoms with van der Waals surface area (Å²) in [5.74, 6) is -0.712. The van der Waals surface area contributed by atoms with E-state index in [9.17, 15) is 9.18 Å². The Kier molecular flexibility index (Phi) is 4.87. The quantitative estimate of drug-likeness (QED) is 0.827. The molecule has 1 fully saturated rings. The van der Waals surface area contributed by atoms with Crippen LogP contribution >= 0.6 is 0 Å². The number of ether oxygens (including phenoxy) is 2. The highest BCUT2D eigenvalue weighted by Gasteiger charge is 2.23. The van der Waals surface area contributed by atoms with Crippen LogP contribution in [0.5, 0.6) is 0 Å². The number of hydrogen-bond donors (Lipinski definition) is 1. The van der Waals surface area contributed by atoms with E-state index in [1.807, 2.05) is 0 Å². The molecular formula is C14H18FNO3. The highest BCUT2D eigenvalue weighted by molar-refractivity contribution is 5.77. The molecule has 104 valence electrons. The zero-order chi connectivity index (χ0) is 13.7. The van der Waals surface area contributed by atoms with Crippen LogP contribution < -0.4 is 5.32 Å². The Labute approximate surface area is 111 Å². The lowest BCUT2D eigenvalue weighted by molar-refractivity contribution is -0.143. The molecule has 0 radical (unpaired) electrons. The maximum atomic E-state index is 12.9. The first-order chi connectivity index (χ1) is 9.20. The van der Waals surface area contributed by atoms with Crippen molar-refractivity contribution in [2.45, 2.75) is 25.0 Å². The van der Waals surface area contributed by atoms with Crippen molar-refractivity contribution >= 4 is 5.97 Å². The molecule has 5 heteroatoms. The number of methoxy groups -OCH3 is 1. The Balaban J connectivity index is 2.02. The van der Waals surface area contributed by atoms with E-state index in [-0.39, 0.29) is 17.9 Å². The van der Waals surface area contributed by atoms with Crippen molar-refractivity contribution in [1.29, 1.82) is 0 Å². The predicted molar refractivity (Wildman–Crippen MR) is 68.1 cm³/mol. The third kappa shape index (κ3) is 3.75. The minimum Gasteiger partial charge on any atom is -0.468 e. The Morgan fingerprint density at radius 3 is 2.84 bits per heavy atom. The van der Waals surface area contributed by atoms with Gasteiger partial charge in [-0.25, -0.2) is 9.18 Å². The summed E-state index contributed by atoms with van der Waals surface area (Å²) in [4.78, 5) is 11.8. The fourth-order valence-electron chi connectivity index (χ4n) is 2.16. The van der Waals surface area contributed by atoms with E-state index < -0.39 is 6.04 Å². The first-order valence-corrected chi connectivity index (χ1v) is 6.39. The van der Waals surface area contributed by atoms with E-state index in [2.05, 4.69) is 5.32 Å². The molecule has 1 aromatic carbocycles. The van der Waals surface area contributed by atoms with Gasteiger partial charge in [-0.05, 0) is 30.5 Å². The van der Waals surface area contributed by atoms with E-state index >= 15 is 0 Å². The van der Waals surface area contributed by atoms with Crippen LogP contribution in [0.3, 0.4) is 0 Å². The second kappa shape index (κ2) is 6.63. The van der Waals surface area contributed by atoms with E-state index in [1.54, 1.807) is 12.1 Å². The third-order valence-corrected chi connectivity index (χ3v) is 3.21. The molecule has 1 aliphatic rings. The number of carbonyl (C=O) groups is 1. The Hall–Kier alpha value is -1.46. The molecular weight excluding hydrogens is 249 g/mol. The summed E-state index contributed by atoms with van der Waals surface area (Å²) in [5.41, 5.74) is 0.686. The molecule has 0 spiro atoms. The fourth-order valence-corrected chi connectivity index (χ4v) is 2.16. The van der Waals surface area contributed by atoms with Gasteiger partial charge in [0.25, 0.3) is 0 Å². The topological polar surface area (TPSA) is 47.6 Å². The molecule has 0 aromatic heterocycles. The molecule has 1 N–H and O–H groups in total. The summed E-state index contributed by atoms with van der Waals surface area (Å²) in [5, 5.41) is 3.13. The summed E-state index contributed by atoms with van der Waals surface area (Å²) in [7, 11) is 1.34. The largest absolute Gasteiger partial charge is 0.468 e. The second-order valence-electron chi connectivity index (χ2n) is 4.55. The van der Waals surface area contributed by atoms with Crippen LogP contribution in [-0.4, -0.2) is 32.3 Å². The van der Waals surface area contributed by atoms with Crippen molar-refractivity contribution in [3.05, 3.63) is 35.6 Å². The van der Waals surface area contributed by atoms with E-state index in [1.165, 1.54) is 19.2 Å². The maximum absolute atomic E-state index is 12.9. The number of rotatable bonds is 5. The molecule has 2 atom stereocenters. The van der Waals surface area contributed by atoms with Gasteiger partial charge in [0.2, 0.25) is 0 Å². The molecule has 0 amide bonds. The highest BCUT2D eigenvalue weighted by Crippen LogP contribution is 2.17. The van der Waals surface area contributed by atoms with Crippen LogP contribution in [0, 0.1) is 5.82 Å². The molecule has 19 heavy (non-hydrogen) atoms. The SMILES string of the molecule is COC(=O)C(NCC1CCCO1)c1ccc(F)cc1. The molecule has 1 heterocycles. The molecule has 0 aliphatic carbocycles. The molecule has 2 unspecified atom stereocenters. The Bertz CT molecular complexity index is 415. The van der Waals surface area contributed by atoms with Gasteiger partial charge in [-0.2, -0.15) is 0 Å². The van der Waals surface area contributed by atoms with Gasteiger partial charge in [0.1, 0.15) is 11.9 Å². The van der Waals surface area contributed by atoms with Gasteiger partial charge in [0.15, 0.2) is 0 Å². The first-order valence-electron chi connectivity index (χ1n) is 6.39. The Morgan fingerprint density at radius 1 is 1.53 bits per heavy atom. The zero-order valence-corrected chi connectivity index (χ0v) is 10.9. The van der Waals surface area contributed by atoms with E-state index in [0.29, 0.717) is 12.1 Å². The number of carbonyl (C=O) groups excluding carboxylic acids is 1. The van der Waals surface area contributed by atoms with Crippen molar-refractivity contribution in [1.82, 2.24) is 5.32 Å². The van der Waals surface area contributed by atoms with Gasteiger partial charge in [0.05, 0.1) is 13.2 Å². The summed E-state index contributed by atoms with van der Waals surface area (Å²) in [6, 6.07) is 5.24. The van der Waals surface area contributed by atoms with E-state index in [0.717, 1.165) is 19.4 Å². The van der Waals surface area contributed by atoms with Crippen molar-refractivity contribution in [3.8, 4) is 0 Å². The lowest BCUT2D eigenvalue weighted by Gasteiger charge is -2.19. The van der Waals surface area contributed by atoms with Crippen molar-refractivity contribution in [2.24, 2.45) is 0 Å². The van der Waals surface area contributed by atoms with Crippen molar-refractivity contribution < 1.29 is 18.7 Å². The molecule has 1 saturated heterocycles. The molecule has 1 aromatic rings. The summed E-state index contributed by atoms with van der Waals surface area (Å²) < 4.78 is 23.2. The monoisotopic (exact) mass is 267 g/mol. The van der Waals surface area contributed by atoms with Crippen LogP contribution in [-0.2, 0) is 14.3 Å². The van der Waals surface area contributed by atoms with E-state index in [4.69, 9.17) is 9.47 Å². The fraction of sp³-hybridized carbons (Fsp3) is 0.500. The number of esters is 1. The van der Waals surface area contributed by atoms with Crippen LogP contribution in [0.2, 0.25) is 0 Å². The average molecular weight is 267 g/mol. The van der Waals surface area contributed by atoms with Gasteiger partial charge in [-0.3, -0.25) is 5.32 Å². The predicted octanol–water partition coefficient (Wildman–Crippen LogP) is 1.81. The summed E-state index contributed by atoms with van der Waals surface area (Å²) in [6.07, 6.45) is 2.17. The van der Waals surface area contributed by atoms with Crippen molar-refractivity contribution in [2.75, 3.05) is 20.3 Å². The lowest BCUT2D eigenvalue weighted by Crippen LogP contribution is -2.35. The standard InChI is InChI=1S/C14H18FNO3/c1-18-14(17)13(10-4-6-11(15)7-5-10)16-9-12-3-2-8-19-12/h4-7,12-13,16H,2-3,8-9H2,1H3. The molecule has 2 rings (SSSR count). The lowest BCUT2D eigenvalue weighted by atomic mass is 10.1.